The van der Waals surface area contributed by atoms with Crippen molar-refractivity contribution in [3.63, 3.8) is 0 Å². The molecule has 3 atom stereocenters. The van der Waals surface area contributed by atoms with Crippen LogP contribution in [0.15, 0.2) is 12.2 Å². The van der Waals surface area contributed by atoms with Gasteiger partial charge in [0.15, 0.2) is 6.10 Å². The highest BCUT2D eigenvalue weighted by molar-refractivity contribution is 5.79. The van der Waals surface area contributed by atoms with Gasteiger partial charge >= 0.3 is 11.9 Å². The second-order valence-electron chi connectivity index (χ2n) is 6.20. The number of ether oxygens (including phenoxy) is 2. The topological polar surface area (TPSA) is 84.9 Å². The number of hydrogen-bond donors (Lipinski definition) is 2. The Labute approximate surface area is 129 Å². The van der Waals surface area contributed by atoms with Crippen molar-refractivity contribution in [1.29, 1.82) is 0 Å². The Kier molecular flexibility index (Phi) is 6.96. The van der Waals surface area contributed by atoms with Gasteiger partial charge in [-0.25, -0.2) is 14.0 Å². The lowest BCUT2D eigenvalue weighted by Gasteiger charge is -2.27. The Bertz CT molecular complexity index is 419. The molecule has 0 aromatic heterocycles. The summed E-state index contributed by atoms with van der Waals surface area (Å²) in [6.45, 7) is 5.59. The number of carboxylic acids is 1. The minimum absolute atomic E-state index is 0.156. The van der Waals surface area contributed by atoms with Crippen molar-refractivity contribution in [3.05, 3.63) is 12.2 Å². The van der Waals surface area contributed by atoms with E-state index in [0.717, 1.165) is 6.08 Å². The van der Waals surface area contributed by atoms with E-state index in [4.69, 9.17) is 14.6 Å². The average Bonchev–Trinajstić information content (AvgIpc) is 2.77. The van der Waals surface area contributed by atoms with Gasteiger partial charge < -0.3 is 19.9 Å². The molecule has 0 spiro atoms. The smallest absolute Gasteiger partial charge is 0.337 e. The zero-order chi connectivity index (χ0) is 16.8. The number of rotatable bonds is 7. The van der Waals surface area contributed by atoms with Crippen LogP contribution in [0.4, 0.5) is 4.39 Å². The van der Waals surface area contributed by atoms with Crippen molar-refractivity contribution < 1.29 is 28.6 Å². The van der Waals surface area contributed by atoms with Crippen molar-refractivity contribution in [1.82, 2.24) is 5.32 Å². The molecule has 1 unspecified atom stereocenters. The van der Waals surface area contributed by atoms with E-state index in [2.05, 4.69) is 5.32 Å². The predicted molar refractivity (Wildman–Crippen MR) is 78.3 cm³/mol. The molecule has 1 aliphatic heterocycles. The third kappa shape index (κ3) is 7.00. The van der Waals surface area contributed by atoms with Gasteiger partial charge in [-0.05, 0) is 33.6 Å². The highest BCUT2D eigenvalue weighted by Gasteiger charge is 2.37. The molecule has 0 aromatic carbocycles. The first-order valence-corrected chi connectivity index (χ1v) is 7.30. The molecule has 22 heavy (non-hydrogen) atoms. The maximum absolute atomic E-state index is 13.3. The third-order valence-electron chi connectivity index (χ3n) is 2.96. The summed E-state index contributed by atoms with van der Waals surface area (Å²) in [6.07, 6.45) is 1.07. The van der Waals surface area contributed by atoms with E-state index in [1.807, 2.05) is 0 Å². The van der Waals surface area contributed by atoms with Gasteiger partial charge in [0.2, 0.25) is 0 Å². The lowest BCUT2D eigenvalue weighted by molar-refractivity contribution is -0.170. The average molecular weight is 317 g/mol. The summed E-state index contributed by atoms with van der Waals surface area (Å²) in [4.78, 5) is 22.6. The normalized spacial score (nSPS) is 23.6. The zero-order valence-electron chi connectivity index (χ0n) is 13.2. The lowest BCUT2D eigenvalue weighted by atomic mass is 10.1. The molecule has 0 saturated carbocycles. The van der Waals surface area contributed by atoms with Crippen LogP contribution in [0.5, 0.6) is 0 Å². The van der Waals surface area contributed by atoms with Crippen LogP contribution < -0.4 is 5.32 Å². The number of carbonyl (C=O) groups excluding carboxylic acids is 1. The van der Waals surface area contributed by atoms with E-state index >= 15 is 0 Å². The third-order valence-corrected chi connectivity index (χ3v) is 2.96. The summed E-state index contributed by atoms with van der Waals surface area (Å²) in [6, 6.07) is -0.437. The highest BCUT2D eigenvalue weighted by atomic mass is 19.1. The molecule has 6 nitrogen and oxygen atoms in total. The van der Waals surface area contributed by atoms with Crippen molar-refractivity contribution in [3.8, 4) is 0 Å². The summed E-state index contributed by atoms with van der Waals surface area (Å²) < 4.78 is 24.1. The van der Waals surface area contributed by atoms with E-state index in [1.165, 1.54) is 6.08 Å². The number of esters is 1. The molecule has 0 bridgehead atoms. The fourth-order valence-electron chi connectivity index (χ4n) is 2.11. The number of carbonyl (C=O) groups is 2. The largest absolute Gasteiger partial charge is 0.478 e. The van der Waals surface area contributed by atoms with E-state index in [9.17, 15) is 14.0 Å². The van der Waals surface area contributed by atoms with E-state index in [0.29, 0.717) is 6.42 Å². The second-order valence-corrected chi connectivity index (χ2v) is 6.20. The molecule has 1 heterocycles. The first-order valence-electron chi connectivity index (χ1n) is 7.30. The number of aliphatic carboxylic acids is 1. The fourth-order valence-corrected chi connectivity index (χ4v) is 2.11. The van der Waals surface area contributed by atoms with Crippen LogP contribution in [-0.4, -0.2) is 54.1 Å². The van der Waals surface area contributed by atoms with Crippen molar-refractivity contribution in [2.24, 2.45) is 0 Å². The van der Waals surface area contributed by atoms with Crippen molar-refractivity contribution in [2.75, 3.05) is 13.2 Å². The van der Waals surface area contributed by atoms with Gasteiger partial charge in [-0.3, -0.25) is 0 Å². The standard InChI is InChI=1S/C15H24FNO5/c1-15(2,3)22-14(20)13(11-8-10(16)9-17-11)21-7-5-4-6-12(18)19/h4,6,10-11,13,17H,5,7-9H2,1-3H3,(H,18,19)/t10-,11-,13?/m0/s1. The SMILES string of the molecule is CC(C)(C)OC(=O)C(OCCC=CC(=O)O)[C@@H]1C[C@H](F)CN1. The molecule has 126 valence electrons. The maximum Gasteiger partial charge on any atom is 0.337 e. The van der Waals surface area contributed by atoms with Gasteiger partial charge in [0.05, 0.1) is 6.61 Å². The Morgan fingerprint density at radius 1 is 1.45 bits per heavy atom. The summed E-state index contributed by atoms with van der Waals surface area (Å²) >= 11 is 0. The summed E-state index contributed by atoms with van der Waals surface area (Å²) in [5.41, 5.74) is -0.657. The van der Waals surface area contributed by atoms with Gasteiger partial charge in [0.25, 0.3) is 0 Å². The van der Waals surface area contributed by atoms with E-state index in [-0.39, 0.29) is 19.6 Å². The minimum atomic E-state index is -1.04. The summed E-state index contributed by atoms with van der Waals surface area (Å²) in [5, 5.41) is 11.4. The van der Waals surface area contributed by atoms with Crippen LogP contribution in [0.2, 0.25) is 0 Å². The molecule has 1 fully saturated rings. The van der Waals surface area contributed by atoms with E-state index in [1.54, 1.807) is 20.8 Å². The van der Waals surface area contributed by atoms with Crippen LogP contribution >= 0.6 is 0 Å². The number of carboxylic acid groups (broad SMARTS) is 1. The zero-order valence-corrected chi connectivity index (χ0v) is 13.2. The first kappa shape index (κ1) is 18.6. The van der Waals surface area contributed by atoms with Crippen molar-refractivity contribution in [2.45, 2.75) is 57.5 Å². The van der Waals surface area contributed by atoms with Crippen molar-refractivity contribution >= 4 is 11.9 Å². The molecule has 1 saturated heterocycles. The van der Waals surface area contributed by atoms with Gasteiger partial charge in [0, 0.05) is 18.7 Å². The fraction of sp³-hybridized carbons (Fsp3) is 0.733. The van der Waals surface area contributed by atoms with Crippen LogP contribution in [-0.2, 0) is 19.1 Å². The minimum Gasteiger partial charge on any atom is -0.478 e. The van der Waals surface area contributed by atoms with Gasteiger partial charge in [0.1, 0.15) is 11.8 Å². The second kappa shape index (κ2) is 8.24. The maximum atomic E-state index is 13.3. The highest BCUT2D eigenvalue weighted by Crippen LogP contribution is 2.19. The lowest BCUT2D eigenvalue weighted by Crippen LogP contribution is -2.45. The summed E-state index contributed by atoms with van der Waals surface area (Å²) in [7, 11) is 0. The predicted octanol–water partition coefficient (Wildman–Crippen LogP) is 1.44. The van der Waals surface area contributed by atoms with Crippen LogP contribution in [0, 0.1) is 0 Å². The number of alkyl halides is 1. The van der Waals surface area contributed by atoms with Crippen LogP contribution in [0.3, 0.4) is 0 Å². The molecule has 7 heteroatoms. The molecule has 0 aromatic rings. The molecular weight excluding hydrogens is 293 g/mol. The quantitative estimate of drug-likeness (QED) is 0.420. The van der Waals surface area contributed by atoms with Gasteiger partial charge in [-0.15, -0.1) is 0 Å². The first-order chi connectivity index (χ1) is 10.2. The Morgan fingerprint density at radius 3 is 2.64 bits per heavy atom. The van der Waals surface area contributed by atoms with Crippen LogP contribution in [0.1, 0.15) is 33.6 Å². The van der Waals surface area contributed by atoms with E-state index < -0.39 is 35.9 Å². The molecule has 0 aliphatic carbocycles. The molecular formula is C15H24FNO5. The Morgan fingerprint density at radius 2 is 2.14 bits per heavy atom. The van der Waals surface area contributed by atoms with Gasteiger partial charge in [-0.1, -0.05) is 6.08 Å². The number of halogens is 1. The number of hydrogen-bond acceptors (Lipinski definition) is 5. The van der Waals surface area contributed by atoms with Crippen LogP contribution in [0.25, 0.3) is 0 Å². The summed E-state index contributed by atoms with van der Waals surface area (Å²) in [5.74, 6) is -1.58. The van der Waals surface area contributed by atoms with Gasteiger partial charge in [-0.2, -0.15) is 0 Å². The molecule has 1 aliphatic rings. The molecule has 0 amide bonds. The monoisotopic (exact) mass is 317 g/mol. The molecule has 1 rings (SSSR count). The molecule has 2 N–H and O–H groups in total. The Hall–Kier alpha value is -1.47. The Balaban J connectivity index is 2.58. The number of nitrogens with one attached hydrogen (secondary N) is 1. The molecule has 0 radical (unpaired) electrons.